The quantitative estimate of drug-likeness (QED) is 0.818. The van der Waals surface area contributed by atoms with Crippen molar-refractivity contribution in [3.63, 3.8) is 0 Å². The molecule has 98 valence electrons. The molecular weight excluding hydrogens is 232 g/mol. The average molecular weight is 256 g/mol. The lowest BCUT2D eigenvalue weighted by Gasteiger charge is -2.40. The Balaban J connectivity index is 1.85. The van der Waals surface area contributed by atoms with Gasteiger partial charge in [-0.15, -0.1) is 11.8 Å². The molecule has 0 aromatic heterocycles. The molecule has 1 atom stereocenters. The van der Waals surface area contributed by atoms with Gasteiger partial charge in [-0.2, -0.15) is 0 Å². The summed E-state index contributed by atoms with van der Waals surface area (Å²) in [5.74, 6) is 1.56. The van der Waals surface area contributed by atoms with Gasteiger partial charge in [0.25, 0.3) is 0 Å². The first-order valence-electron chi connectivity index (χ1n) is 6.74. The third-order valence-corrected chi connectivity index (χ3v) is 5.60. The van der Waals surface area contributed by atoms with Gasteiger partial charge in [0, 0.05) is 18.6 Å². The molecule has 4 heteroatoms. The Morgan fingerprint density at radius 2 is 2.06 bits per heavy atom. The number of nitrogens with one attached hydrogen (secondary N) is 1. The van der Waals surface area contributed by atoms with Crippen LogP contribution in [0.4, 0.5) is 0 Å². The standard InChI is InChI=1S/C13H24N2OS/c1-13(14-2)6-8-15(9-7-13)12(16)11-5-3-4-10-17-11/h11,14H,3-10H2,1-2H3. The van der Waals surface area contributed by atoms with E-state index >= 15 is 0 Å². The molecule has 3 nitrogen and oxygen atoms in total. The highest BCUT2D eigenvalue weighted by molar-refractivity contribution is 8.00. The summed E-state index contributed by atoms with van der Waals surface area (Å²) in [7, 11) is 2.02. The normalized spacial score (nSPS) is 29.1. The molecule has 1 unspecified atom stereocenters. The van der Waals surface area contributed by atoms with Crippen molar-refractivity contribution >= 4 is 17.7 Å². The molecule has 1 amide bonds. The van der Waals surface area contributed by atoms with Gasteiger partial charge in [-0.1, -0.05) is 6.42 Å². The maximum absolute atomic E-state index is 12.3. The highest BCUT2D eigenvalue weighted by atomic mass is 32.2. The SMILES string of the molecule is CNC1(C)CCN(C(=O)C2CCCCS2)CC1. The Kier molecular flexibility index (Phi) is 4.36. The topological polar surface area (TPSA) is 32.3 Å². The van der Waals surface area contributed by atoms with Crippen LogP contribution in [0.25, 0.3) is 0 Å². The second-order valence-corrected chi connectivity index (χ2v) is 6.80. The van der Waals surface area contributed by atoms with E-state index in [4.69, 9.17) is 0 Å². The van der Waals surface area contributed by atoms with Gasteiger partial charge in [-0.3, -0.25) is 4.79 Å². The van der Waals surface area contributed by atoms with Crippen LogP contribution in [-0.4, -0.2) is 47.5 Å². The van der Waals surface area contributed by atoms with Crippen molar-refractivity contribution in [3.05, 3.63) is 0 Å². The Bertz CT molecular complexity index is 269. The molecule has 2 aliphatic heterocycles. The molecule has 2 rings (SSSR count). The van der Waals surface area contributed by atoms with Gasteiger partial charge in [-0.05, 0) is 45.4 Å². The first-order valence-corrected chi connectivity index (χ1v) is 7.79. The fourth-order valence-electron chi connectivity index (χ4n) is 2.61. The van der Waals surface area contributed by atoms with Crippen molar-refractivity contribution in [2.45, 2.75) is 49.8 Å². The van der Waals surface area contributed by atoms with E-state index in [1.165, 1.54) is 18.6 Å². The molecule has 0 aromatic carbocycles. The van der Waals surface area contributed by atoms with Crippen LogP contribution < -0.4 is 5.32 Å². The fourth-order valence-corrected chi connectivity index (χ4v) is 3.89. The monoisotopic (exact) mass is 256 g/mol. The molecule has 2 heterocycles. The molecule has 0 spiro atoms. The van der Waals surface area contributed by atoms with Crippen LogP contribution in [0.1, 0.15) is 39.0 Å². The van der Waals surface area contributed by atoms with E-state index in [2.05, 4.69) is 17.1 Å². The van der Waals surface area contributed by atoms with Crippen LogP contribution in [0, 0.1) is 0 Å². The highest BCUT2D eigenvalue weighted by Crippen LogP contribution is 2.29. The number of rotatable bonds is 2. The first kappa shape index (κ1) is 13.2. The van der Waals surface area contributed by atoms with Crippen LogP contribution in [0.15, 0.2) is 0 Å². The van der Waals surface area contributed by atoms with Crippen molar-refractivity contribution < 1.29 is 4.79 Å². The largest absolute Gasteiger partial charge is 0.342 e. The predicted molar refractivity (Wildman–Crippen MR) is 73.4 cm³/mol. The first-order chi connectivity index (χ1) is 8.14. The summed E-state index contributed by atoms with van der Waals surface area (Å²) in [5.41, 5.74) is 0.233. The smallest absolute Gasteiger partial charge is 0.235 e. The molecule has 0 bridgehead atoms. The van der Waals surface area contributed by atoms with Crippen molar-refractivity contribution in [3.8, 4) is 0 Å². The molecule has 2 saturated heterocycles. The van der Waals surface area contributed by atoms with Gasteiger partial charge in [0.05, 0.1) is 5.25 Å². The molecule has 0 saturated carbocycles. The maximum atomic E-state index is 12.3. The lowest BCUT2D eigenvalue weighted by molar-refractivity contribution is -0.132. The molecule has 2 fully saturated rings. The lowest BCUT2D eigenvalue weighted by atomic mass is 9.89. The Morgan fingerprint density at radius 3 is 2.59 bits per heavy atom. The minimum Gasteiger partial charge on any atom is -0.342 e. The average Bonchev–Trinajstić information content (AvgIpc) is 2.40. The van der Waals surface area contributed by atoms with Gasteiger partial charge in [0.2, 0.25) is 5.91 Å². The summed E-state index contributed by atoms with van der Waals surface area (Å²) in [6, 6.07) is 0. The van der Waals surface area contributed by atoms with Crippen LogP contribution in [0.3, 0.4) is 0 Å². The second-order valence-electron chi connectivity index (χ2n) is 5.49. The number of carbonyl (C=O) groups excluding carboxylic acids is 1. The van der Waals surface area contributed by atoms with Crippen molar-refractivity contribution in [2.75, 3.05) is 25.9 Å². The highest BCUT2D eigenvalue weighted by Gasteiger charge is 2.33. The molecule has 0 aliphatic carbocycles. The molecule has 2 aliphatic rings. The van der Waals surface area contributed by atoms with Crippen LogP contribution in [-0.2, 0) is 4.79 Å². The van der Waals surface area contributed by atoms with E-state index in [-0.39, 0.29) is 10.8 Å². The molecule has 1 N–H and O–H groups in total. The number of carbonyl (C=O) groups is 1. The van der Waals surface area contributed by atoms with E-state index < -0.39 is 0 Å². The molecular formula is C13H24N2OS. The molecule has 17 heavy (non-hydrogen) atoms. The molecule has 0 radical (unpaired) electrons. The maximum Gasteiger partial charge on any atom is 0.235 e. The number of likely N-dealkylation sites (tertiary alicyclic amines) is 1. The number of piperidine rings is 1. The molecule has 0 aromatic rings. The summed E-state index contributed by atoms with van der Waals surface area (Å²) in [4.78, 5) is 14.4. The minimum absolute atomic E-state index is 0.233. The Morgan fingerprint density at radius 1 is 1.35 bits per heavy atom. The van der Waals surface area contributed by atoms with Gasteiger partial charge in [0.15, 0.2) is 0 Å². The number of thioether (sulfide) groups is 1. The van der Waals surface area contributed by atoms with Gasteiger partial charge in [-0.25, -0.2) is 0 Å². The lowest BCUT2D eigenvalue weighted by Crippen LogP contribution is -2.53. The number of amides is 1. The van der Waals surface area contributed by atoms with Gasteiger partial charge >= 0.3 is 0 Å². The number of hydrogen-bond donors (Lipinski definition) is 1. The van der Waals surface area contributed by atoms with Crippen LogP contribution in [0.2, 0.25) is 0 Å². The van der Waals surface area contributed by atoms with E-state index in [1.807, 2.05) is 18.8 Å². The zero-order valence-corrected chi connectivity index (χ0v) is 11.8. The summed E-state index contributed by atoms with van der Waals surface area (Å²) in [5, 5.41) is 3.63. The zero-order valence-electron chi connectivity index (χ0n) is 11.0. The van der Waals surface area contributed by atoms with Crippen molar-refractivity contribution in [1.82, 2.24) is 10.2 Å². The van der Waals surface area contributed by atoms with Crippen LogP contribution >= 0.6 is 11.8 Å². The summed E-state index contributed by atoms with van der Waals surface area (Å²) in [6.45, 7) is 4.10. The fraction of sp³-hybridized carbons (Fsp3) is 0.923. The van der Waals surface area contributed by atoms with E-state index in [9.17, 15) is 4.79 Å². The number of hydrogen-bond acceptors (Lipinski definition) is 3. The predicted octanol–water partition coefficient (Wildman–Crippen LogP) is 1.87. The third kappa shape index (κ3) is 3.16. The minimum atomic E-state index is 0.233. The third-order valence-electron chi connectivity index (χ3n) is 4.24. The van der Waals surface area contributed by atoms with Gasteiger partial charge < -0.3 is 10.2 Å². The Hall–Kier alpha value is -0.220. The zero-order chi connectivity index (χ0) is 12.3. The van der Waals surface area contributed by atoms with E-state index in [0.717, 1.165) is 32.4 Å². The second kappa shape index (κ2) is 5.61. The van der Waals surface area contributed by atoms with Gasteiger partial charge in [0.1, 0.15) is 0 Å². The van der Waals surface area contributed by atoms with Crippen LogP contribution in [0.5, 0.6) is 0 Å². The summed E-state index contributed by atoms with van der Waals surface area (Å²) < 4.78 is 0. The number of nitrogens with zero attached hydrogens (tertiary/aromatic N) is 1. The Labute approximate surface area is 109 Å². The van der Waals surface area contributed by atoms with Crippen molar-refractivity contribution in [1.29, 1.82) is 0 Å². The van der Waals surface area contributed by atoms with E-state index in [1.54, 1.807) is 0 Å². The summed E-state index contributed by atoms with van der Waals surface area (Å²) in [6.07, 6.45) is 5.75. The summed E-state index contributed by atoms with van der Waals surface area (Å²) >= 11 is 1.86. The van der Waals surface area contributed by atoms with E-state index in [0.29, 0.717) is 5.91 Å². The van der Waals surface area contributed by atoms with Crippen molar-refractivity contribution in [2.24, 2.45) is 0 Å².